The summed E-state index contributed by atoms with van der Waals surface area (Å²) >= 11 is 0. The highest BCUT2D eigenvalue weighted by molar-refractivity contribution is 7.92. The SMILES string of the molecule is COc1cccc(N(CC(=O)N2CCOCC2)S(C)(=O)=O)n1. The molecule has 2 heterocycles. The van der Waals surface area contributed by atoms with Gasteiger partial charge in [-0.05, 0) is 6.07 Å². The Hall–Kier alpha value is -1.87. The molecule has 1 amide bonds. The van der Waals surface area contributed by atoms with Crippen molar-refractivity contribution in [2.75, 3.05) is 50.5 Å². The van der Waals surface area contributed by atoms with E-state index in [4.69, 9.17) is 9.47 Å². The predicted octanol–water partition coefficient (Wildman–Crippen LogP) is -0.285. The Kier molecular flexibility index (Phi) is 5.19. The van der Waals surface area contributed by atoms with Crippen LogP contribution < -0.4 is 9.04 Å². The van der Waals surface area contributed by atoms with E-state index in [1.165, 1.54) is 13.2 Å². The Morgan fingerprint density at radius 1 is 1.41 bits per heavy atom. The van der Waals surface area contributed by atoms with Crippen molar-refractivity contribution in [1.29, 1.82) is 0 Å². The quantitative estimate of drug-likeness (QED) is 0.738. The first-order chi connectivity index (χ1) is 10.4. The minimum atomic E-state index is -3.64. The summed E-state index contributed by atoms with van der Waals surface area (Å²) in [5.74, 6) is 0.159. The molecule has 22 heavy (non-hydrogen) atoms. The van der Waals surface area contributed by atoms with Crippen LogP contribution in [0.5, 0.6) is 5.88 Å². The number of nitrogens with zero attached hydrogens (tertiary/aromatic N) is 3. The van der Waals surface area contributed by atoms with Crippen molar-refractivity contribution in [2.45, 2.75) is 0 Å². The van der Waals surface area contributed by atoms with Gasteiger partial charge in [0.25, 0.3) is 0 Å². The second-order valence-electron chi connectivity index (χ2n) is 4.80. The van der Waals surface area contributed by atoms with E-state index in [1.807, 2.05) is 0 Å². The van der Waals surface area contributed by atoms with Gasteiger partial charge in [0.2, 0.25) is 21.8 Å². The summed E-state index contributed by atoms with van der Waals surface area (Å²) in [6.45, 7) is 1.55. The molecule has 1 saturated heterocycles. The third-order valence-corrected chi connectivity index (χ3v) is 4.33. The number of aromatic nitrogens is 1. The van der Waals surface area contributed by atoms with Crippen LogP contribution in [-0.4, -0.2) is 70.4 Å². The number of ether oxygens (including phenoxy) is 2. The first-order valence-corrected chi connectivity index (χ1v) is 8.61. The Balaban J connectivity index is 2.21. The first kappa shape index (κ1) is 16.5. The van der Waals surface area contributed by atoms with E-state index < -0.39 is 10.0 Å². The summed E-state index contributed by atoms with van der Waals surface area (Å²) in [5.41, 5.74) is 0. The van der Waals surface area contributed by atoms with Gasteiger partial charge in [-0.3, -0.25) is 4.79 Å². The van der Waals surface area contributed by atoms with Crippen LogP contribution in [0.25, 0.3) is 0 Å². The van der Waals surface area contributed by atoms with E-state index in [0.29, 0.717) is 26.3 Å². The molecule has 1 aromatic rings. The number of carbonyl (C=O) groups is 1. The van der Waals surface area contributed by atoms with E-state index in [-0.39, 0.29) is 24.1 Å². The van der Waals surface area contributed by atoms with Crippen molar-refractivity contribution in [1.82, 2.24) is 9.88 Å². The molecular weight excluding hydrogens is 310 g/mol. The summed E-state index contributed by atoms with van der Waals surface area (Å²) in [4.78, 5) is 18.0. The van der Waals surface area contributed by atoms with Gasteiger partial charge in [0, 0.05) is 19.2 Å². The van der Waals surface area contributed by atoms with E-state index in [0.717, 1.165) is 10.6 Å². The molecule has 0 saturated carbocycles. The third kappa shape index (κ3) is 4.08. The highest BCUT2D eigenvalue weighted by Crippen LogP contribution is 2.18. The summed E-state index contributed by atoms with van der Waals surface area (Å²) in [6, 6.07) is 4.75. The number of hydrogen-bond donors (Lipinski definition) is 0. The lowest BCUT2D eigenvalue weighted by atomic mass is 10.4. The second kappa shape index (κ2) is 6.93. The Morgan fingerprint density at radius 3 is 2.68 bits per heavy atom. The summed E-state index contributed by atoms with van der Waals surface area (Å²) < 4.78 is 35.2. The number of rotatable bonds is 5. The Morgan fingerprint density at radius 2 is 2.09 bits per heavy atom. The smallest absolute Gasteiger partial charge is 0.243 e. The van der Waals surface area contributed by atoms with Crippen LogP contribution in [-0.2, 0) is 19.6 Å². The normalized spacial score (nSPS) is 15.5. The largest absolute Gasteiger partial charge is 0.481 e. The van der Waals surface area contributed by atoms with E-state index in [1.54, 1.807) is 17.0 Å². The van der Waals surface area contributed by atoms with Crippen molar-refractivity contribution < 1.29 is 22.7 Å². The molecule has 0 radical (unpaired) electrons. The Bertz CT molecular complexity index is 628. The van der Waals surface area contributed by atoms with Crippen molar-refractivity contribution >= 4 is 21.7 Å². The minimum absolute atomic E-state index is 0.156. The van der Waals surface area contributed by atoms with E-state index >= 15 is 0 Å². The fourth-order valence-corrected chi connectivity index (χ4v) is 2.85. The molecule has 0 spiro atoms. The zero-order valence-electron chi connectivity index (χ0n) is 12.6. The highest BCUT2D eigenvalue weighted by Gasteiger charge is 2.26. The summed E-state index contributed by atoms with van der Waals surface area (Å²) in [6.07, 6.45) is 1.04. The fraction of sp³-hybridized carbons (Fsp3) is 0.538. The van der Waals surface area contributed by atoms with Gasteiger partial charge < -0.3 is 14.4 Å². The molecule has 0 bridgehead atoms. The van der Waals surface area contributed by atoms with Gasteiger partial charge in [0.15, 0.2) is 0 Å². The number of anilines is 1. The van der Waals surface area contributed by atoms with Gasteiger partial charge in [-0.15, -0.1) is 0 Å². The van der Waals surface area contributed by atoms with Crippen molar-refractivity contribution in [2.24, 2.45) is 0 Å². The zero-order chi connectivity index (χ0) is 16.2. The lowest BCUT2D eigenvalue weighted by Crippen LogP contribution is -2.47. The molecule has 1 fully saturated rings. The molecule has 8 nitrogen and oxygen atoms in total. The van der Waals surface area contributed by atoms with Gasteiger partial charge in [0.05, 0.1) is 26.6 Å². The van der Waals surface area contributed by atoms with Gasteiger partial charge >= 0.3 is 0 Å². The monoisotopic (exact) mass is 329 g/mol. The Labute approximate surface area is 129 Å². The maximum atomic E-state index is 12.3. The maximum absolute atomic E-state index is 12.3. The number of carbonyl (C=O) groups excluding carboxylic acids is 1. The third-order valence-electron chi connectivity index (χ3n) is 3.22. The van der Waals surface area contributed by atoms with Crippen molar-refractivity contribution in [3.63, 3.8) is 0 Å². The van der Waals surface area contributed by atoms with Crippen LogP contribution in [0.1, 0.15) is 0 Å². The van der Waals surface area contributed by atoms with Crippen LogP contribution in [0, 0.1) is 0 Å². The first-order valence-electron chi connectivity index (χ1n) is 6.76. The summed E-state index contributed by atoms with van der Waals surface area (Å²) in [7, 11) is -2.20. The standard InChI is InChI=1S/C13H19N3O5S/c1-20-12-5-3-4-11(14-12)16(22(2,18)19)10-13(17)15-6-8-21-9-7-15/h3-5H,6-10H2,1-2H3. The van der Waals surface area contributed by atoms with Crippen molar-refractivity contribution in [3.8, 4) is 5.88 Å². The number of sulfonamides is 1. The number of pyridine rings is 1. The average molecular weight is 329 g/mol. The van der Waals surface area contributed by atoms with Crippen LogP contribution in [0.15, 0.2) is 18.2 Å². The van der Waals surface area contributed by atoms with Gasteiger partial charge in [-0.25, -0.2) is 12.7 Å². The fourth-order valence-electron chi connectivity index (χ4n) is 2.06. The van der Waals surface area contributed by atoms with Gasteiger partial charge in [0.1, 0.15) is 12.4 Å². The molecule has 2 rings (SSSR count). The zero-order valence-corrected chi connectivity index (χ0v) is 13.4. The molecule has 1 aromatic heterocycles. The second-order valence-corrected chi connectivity index (χ2v) is 6.71. The predicted molar refractivity (Wildman–Crippen MR) is 80.4 cm³/mol. The highest BCUT2D eigenvalue weighted by atomic mass is 32.2. The number of hydrogen-bond acceptors (Lipinski definition) is 6. The lowest BCUT2D eigenvalue weighted by Gasteiger charge is -2.29. The number of morpholine rings is 1. The lowest BCUT2D eigenvalue weighted by molar-refractivity contribution is -0.133. The summed E-state index contributed by atoms with van der Waals surface area (Å²) in [5, 5.41) is 0. The van der Waals surface area contributed by atoms with Gasteiger partial charge in [-0.1, -0.05) is 6.07 Å². The molecule has 9 heteroatoms. The molecule has 1 aliphatic rings. The molecule has 1 aliphatic heterocycles. The maximum Gasteiger partial charge on any atom is 0.243 e. The van der Waals surface area contributed by atoms with E-state index in [9.17, 15) is 13.2 Å². The molecule has 0 aliphatic carbocycles. The van der Waals surface area contributed by atoms with Gasteiger partial charge in [-0.2, -0.15) is 4.98 Å². The molecule has 122 valence electrons. The number of amides is 1. The molecular formula is C13H19N3O5S. The minimum Gasteiger partial charge on any atom is -0.481 e. The molecule has 0 unspecified atom stereocenters. The van der Waals surface area contributed by atoms with Crippen molar-refractivity contribution in [3.05, 3.63) is 18.2 Å². The van der Waals surface area contributed by atoms with Crippen LogP contribution in [0.3, 0.4) is 0 Å². The van der Waals surface area contributed by atoms with E-state index in [2.05, 4.69) is 4.98 Å². The molecule has 0 aromatic carbocycles. The van der Waals surface area contributed by atoms with Crippen LogP contribution in [0.2, 0.25) is 0 Å². The molecule has 0 N–H and O–H groups in total. The van der Waals surface area contributed by atoms with Crippen LogP contribution in [0.4, 0.5) is 5.82 Å². The average Bonchev–Trinajstić information content (AvgIpc) is 2.52. The molecule has 0 atom stereocenters. The topological polar surface area (TPSA) is 89.0 Å². The van der Waals surface area contributed by atoms with Crippen LogP contribution >= 0.6 is 0 Å². The number of methoxy groups -OCH3 is 1.